The molecule has 2 unspecified atom stereocenters. The van der Waals surface area contributed by atoms with Crippen molar-refractivity contribution in [3.8, 4) is 11.1 Å². The topological polar surface area (TPSA) is 146 Å². The van der Waals surface area contributed by atoms with Gasteiger partial charge in [-0.1, -0.05) is 24.3 Å². The number of hydrogen-bond acceptors (Lipinski definition) is 6. The van der Waals surface area contributed by atoms with Gasteiger partial charge in [-0.2, -0.15) is 8.42 Å². The molecule has 2 rings (SSSR count). The summed E-state index contributed by atoms with van der Waals surface area (Å²) in [5.74, 6) is -0.604. The first-order valence-electron chi connectivity index (χ1n) is 7.51. The molecule has 5 N–H and O–H groups in total. The molecule has 2 aromatic rings. The molecule has 0 aliphatic carbocycles. The highest BCUT2D eigenvalue weighted by atomic mass is 32.2. The predicted molar refractivity (Wildman–Crippen MR) is 98.7 cm³/mol. The Morgan fingerprint density at radius 2 is 1.58 bits per heavy atom. The Labute approximate surface area is 152 Å². The van der Waals surface area contributed by atoms with Gasteiger partial charge in [0.15, 0.2) is 0 Å². The number of carbonyl (C=O) groups excluding carboxylic acids is 1. The summed E-state index contributed by atoms with van der Waals surface area (Å²) in [6.45, 7) is 1.57. The van der Waals surface area contributed by atoms with Crippen molar-refractivity contribution in [1.29, 1.82) is 0 Å². The number of rotatable bonds is 5. The van der Waals surface area contributed by atoms with Gasteiger partial charge in [0.2, 0.25) is 5.91 Å². The number of hydrogen-bond donors (Lipinski definition) is 3. The molecule has 2 atom stereocenters. The Bertz CT molecular complexity index is 813. The lowest BCUT2D eigenvalue weighted by molar-refractivity contribution is -0.127. The molecule has 0 aliphatic rings. The van der Waals surface area contributed by atoms with E-state index in [9.17, 15) is 13.2 Å². The summed E-state index contributed by atoms with van der Waals surface area (Å²) >= 11 is 0. The van der Waals surface area contributed by atoms with Crippen LogP contribution in [0.25, 0.3) is 11.1 Å². The summed E-state index contributed by atoms with van der Waals surface area (Å²) in [6.07, 6.45) is 3.60. The highest BCUT2D eigenvalue weighted by Crippen LogP contribution is 2.29. The van der Waals surface area contributed by atoms with E-state index in [1.807, 2.05) is 36.4 Å². The van der Waals surface area contributed by atoms with Crippen LogP contribution >= 0.6 is 0 Å². The second kappa shape index (κ2) is 8.86. The van der Waals surface area contributed by atoms with E-state index in [0.29, 0.717) is 6.26 Å². The minimum Gasteiger partial charge on any atom is -0.374 e. The van der Waals surface area contributed by atoms with Crippen molar-refractivity contribution in [3.63, 3.8) is 0 Å². The Balaban J connectivity index is 0.000000597. The molecular weight excluding hydrogens is 358 g/mol. The SMILES string of the molecule is COC(c1ccc(-c2ccncc2)cc1)C(C)(N)C(N)=O.CS(=O)(=O)O. The van der Waals surface area contributed by atoms with E-state index in [1.165, 1.54) is 7.11 Å². The lowest BCUT2D eigenvalue weighted by atomic mass is 9.89. The lowest BCUT2D eigenvalue weighted by Crippen LogP contribution is -2.54. The monoisotopic (exact) mass is 381 g/mol. The quantitative estimate of drug-likeness (QED) is 0.658. The first kappa shape index (κ1) is 21.7. The molecule has 0 spiro atoms. The molecule has 1 amide bonds. The summed E-state index contributed by atoms with van der Waals surface area (Å²) in [7, 11) is -2.16. The molecule has 0 saturated heterocycles. The maximum atomic E-state index is 11.5. The number of ether oxygens (including phenoxy) is 1. The van der Waals surface area contributed by atoms with Crippen LogP contribution in [0.4, 0.5) is 0 Å². The smallest absolute Gasteiger partial charge is 0.261 e. The van der Waals surface area contributed by atoms with Crippen LogP contribution in [0, 0.1) is 0 Å². The van der Waals surface area contributed by atoms with Gasteiger partial charge in [0, 0.05) is 19.5 Å². The molecule has 26 heavy (non-hydrogen) atoms. The summed E-state index contributed by atoms with van der Waals surface area (Å²) < 4.78 is 31.2. The Kier molecular flexibility index (Phi) is 7.40. The number of primary amides is 1. The van der Waals surface area contributed by atoms with E-state index in [-0.39, 0.29) is 0 Å². The molecule has 0 aliphatic heterocycles. The van der Waals surface area contributed by atoms with Crippen molar-refractivity contribution in [1.82, 2.24) is 4.98 Å². The molecular formula is C17H23N3O5S. The van der Waals surface area contributed by atoms with Crippen LogP contribution in [0.15, 0.2) is 48.8 Å². The lowest BCUT2D eigenvalue weighted by Gasteiger charge is -2.30. The number of amides is 1. The molecule has 8 nitrogen and oxygen atoms in total. The third-order valence-corrected chi connectivity index (χ3v) is 3.54. The number of benzene rings is 1. The summed E-state index contributed by atoms with van der Waals surface area (Å²) in [5, 5.41) is 0. The van der Waals surface area contributed by atoms with E-state index in [1.54, 1.807) is 19.3 Å². The van der Waals surface area contributed by atoms with Crippen LogP contribution < -0.4 is 11.5 Å². The van der Waals surface area contributed by atoms with Crippen LogP contribution in [0.1, 0.15) is 18.6 Å². The van der Waals surface area contributed by atoms with E-state index in [4.69, 9.17) is 20.8 Å². The number of nitrogens with two attached hydrogens (primary N) is 2. The molecule has 0 fully saturated rings. The van der Waals surface area contributed by atoms with Crippen molar-refractivity contribution in [2.24, 2.45) is 11.5 Å². The summed E-state index contributed by atoms with van der Waals surface area (Å²) in [4.78, 5) is 15.5. The zero-order valence-corrected chi connectivity index (χ0v) is 15.6. The molecule has 9 heteroatoms. The van der Waals surface area contributed by atoms with Crippen LogP contribution in [-0.2, 0) is 19.6 Å². The fourth-order valence-electron chi connectivity index (χ4n) is 2.25. The molecule has 1 aromatic heterocycles. The van der Waals surface area contributed by atoms with Gasteiger partial charge < -0.3 is 16.2 Å². The van der Waals surface area contributed by atoms with Gasteiger partial charge in [0.25, 0.3) is 10.1 Å². The van der Waals surface area contributed by atoms with Gasteiger partial charge in [-0.3, -0.25) is 14.3 Å². The van der Waals surface area contributed by atoms with E-state index in [0.717, 1.165) is 16.7 Å². The van der Waals surface area contributed by atoms with E-state index < -0.39 is 27.7 Å². The van der Waals surface area contributed by atoms with Crippen molar-refractivity contribution in [2.75, 3.05) is 13.4 Å². The highest BCUT2D eigenvalue weighted by molar-refractivity contribution is 7.85. The molecule has 1 heterocycles. The van der Waals surface area contributed by atoms with Gasteiger partial charge in [-0.15, -0.1) is 0 Å². The van der Waals surface area contributed by atoms with Gasteiger partial charge in [0.05, 0.1) is 6.26 Å². The Hall–Kier alpha value is -2.33. The van der Waals surface area contributed by atoms with E-state index in [2.05, 4.69) is 4.98 Å². The minimum atomic E-state index is -3.67. The molecule has 0 saturated carbocycles. The van der Waals surface area contributed by atoms with Gasteiger partial charge >= 0.3 is 0 Å². The maximum Gasteiger partial charge on any atom is 0.261 e. The van der Waals surface area contributed by atoms with Crippen molar-refractivity contribution >= 4 is 16.0 Å². The van der Waals surface area contributed by atoms with Gasteiger partial charge in [0.1, 0.15) is 11.6 Å². The maximum absolute atomic E-state index is 11.5. The average molecular weight is 381 g/mol. The number of aromatic nitrogens is 1. The standard InChI is InChI=1S/C16H19N3O2.CH4O3S/c1-16(18,15(17)20)14(21-2)13-5-3-11(4-6-13)12-7-9-19-10-8-12;1-5(2,3)4/h3-10,14H,18H2,1-2H3,(H2,17,20);1H3,(H,2,3,4). The predicted octanol–water partition coefficient (Wildman–Crippen LogP) is 1.14. The zero-order valence-electron chi connectivity index (χ0n) is 14.8. The number of pyridine rings is 1. The third-order valence-electron chi connectivity index (χ3n) is 3.54. The molecule has 142 valence electrons. The van der Waals surface area contributed by atoms with Gasteiger partial charge in [-0.05, 0) is 35.7 Å². The number of methoxy groups -OCH3 is 1. The summed E-state index contributed by atoms with van der Waals surface area (Å²) in [6, 6.07) is 11.5. The molecule has 0 bridgehead atoms. The fourth-order valence-corrected chi connectivity index (χ4v) is 2.25. The molecule has 1 aromatic carbocycles. The van der Waals surface area contributed by atoms with Crippen LogP contribution in [-0.4, -0.2) is 42.8 Å². The van der Waals surface area contributed by atoms with Crippen LogP contribution in [0.5, 0.6) is 0 Å². The zero-order chi connectivity index (χ0) is 20.0. The fraction of sp³-hybridized carbons (Fsp3) is 0.294. The number of nitrogens with zero attached hydrogens (tertiary/aromatic N) is 1. The minimum absolute atomic E-state index is 0.596. The second-order valence-electron chi connectivity index (χ2n) is 5.85. The van der Waals surface area contributed by atoms with E-state index >= 15 is 0 Å². The average Bonchev–Trinajstić information content (AvgIpc) is 2.55. The largest absolute Gasteiger partial charge is 0.374 e. The highest BCUT2D eigenvalue weighted by Gasteiger charge is 2.37. The normalized spacial score (nSPS) is 14.5. The number of carbonyl (C=O) groups is 1. The van der Waals surface area contributed by atoms with Crippen LogP contribution in [0.2, 0.25) is 0 Å². The van der Waals surface area contributed by atoms with Gasteiger partial charge in [-0.25, -0.2) is 0 Å². The van der Waals surface area contributed by atoms with Crippen molar-refractivity contribution < 1.29 is 22.5 Å². The third kappa shape index (κ3) is 6.52. The van der Waals surface area contributed by atoms with Crippen LogP contribution in [0.3, 0.4) is 0 Å². The Morgan fingerprint density at radius 1 is 1.15 bits per heavy atom. The molecule has 0 radical (unpaired) electrons. The van der Waals surface area contributed by atoms with Crippen molar-refractivity contribution in [3.05, 3.63) is 54.4 Å². The second-order valence-corrected chi connectivity index (χ2v) is 7.32. The Morgan fingerprint density at radius 3 is 1.96 bits per heavy atom. The van der Waals surface area contributed by atoms with Crippen molar-refractivity contribution in [2.45, 2.75) is 18.6 Å². The first-order valence-corrected chi connectivity index (χ1v) is 9.36. The first-order chi connectivity index (χ1) is 12.0. The summed E-state index contributed by atoms with van der Waals surface area (Å²) in [5.41, 5.74) is 13.0.